The van der Waals surface area contributed by atoms with Gasteiger partial charge in [-0.1, -0.05) is 12.1 Å². The second-order valence-electron chi connectivity index (χ2n) is 5.57. The lowest BCUT2D eigenvalue weighted by atomic mass is 10.0. The van der Waals surface area contributed by atoms with Crippen molar-refractivity contribution in [2.24, 2.45) is 0 Å². The van der Waals surface area contributed by atoms with Crippen LogP contribution in [0.25, 0.3) is 0 Å². The summed E-state index contributed by atoms with van der Waals surface area (Å²) in [6, 6.07) is 7.62. The van der Waals surface area contributed by atoms with E-state index >= 15 is 0 Å². The van der Waals surface area contributed by atoms with Crippen LogP contribution >= 0.6 is 0 Å². The topological polar surface area (TPSA) is 49.8 Å². The average molecular weight is 261 g/mol. The number of rotatable bonds is 2. The van der Waals surface area contributed by atoms with Crippen LogP contribution in [0.3, 0.4) is 0 Å². The Kier molecular flexibility index (Phi) is 3.19. The van der Waals surface area contributed by atoms with Gasteiger partial charge in [0.2, 0.25) is 0 Å². The minimum absolute atomic E-state index is 0.0107. The molecule has 1 N–H and O–H groups in total. The number of piperidine rings is 1. The van der Waals surface area contributed by atoms with Crippen LogP contribution in [0.1, 0.15) is 36.0 Å². The highest BCUT2D eigenvalue weighted by Gasteiger charge is 2.40. The molecule has 2 heterocycles. The summed E-state index contributed by atoms with van der Waals surface area (Å²) in [5, 5.41) is 9.66. The van der Waals surface area contributed by atoms with Crippen molar-refractivity contribution in [2.75, 3.05) is 7.05 Å². The van der Waals surface area contributed by atoms with E-state index in [0.717, 1.165) is 12.8 Å². The van der Waals surface area contributed by atoms with Gasteiger partial charge in [-0.3, -0.25) is 0 Å². The lowest BCUT2D eigenvalue weighted by Crippen LogP contribution is -2.43. The summed E-state index contributed by atoms with van der Waals surface area (Å²) in [6.07, 6.45) is 4.21. The Balaban J connectivity index is 1.67. The van der Waals surface area contributed by atoms with Crippen LogP contribution in [0.4, 0.5) is 0 Å². The number of esters is 1. The fraction of sp³-hybridized carbons (Fsp3) is 0.533. The summed E-state index contributed by atoms with van der Waals surface area (Å²) >= 11 is 0. The number of fused-ring (bicyclic) bond motifs is 2. The molecule has 2 bridgehead atoms. The van der Waals surface area contributed by atoms with Crippen molar-refractivity contribution in [2.45, 2.75) is 43.9 Å². The molecule has 2 atom stereocenters. The van der Waals surface area contributed by atoms with Crippen LogP contribution in [0.5, 0.6) is 5.75 Å². The molecular formula is C15H19NO3. The number of aromatic hydroxyl groups is 1. The van der Waals surface area contributed by atoms with E-state index in [4.69, 9.17) is 4.74 Å². The van der Waals surface area contributed by atoms with Crippen LogP contribution in [-0.2, 0) is 4.74 Å². The number of nitrogens with zero attached hydrogens (tertiary/aromatic N) is 1. The molecule has 1 aromatic carbocycles. The van der Waals surface area contributed by atoms with Crippen molar-refractivity contribution >= 4 is 5.97 Å². The van der Waals surface area contributed by atoms with Crippen molar-refractivity contribution in [3.63, 3.8) is 0 Å². The third kappa shape index (κ3) is 2.32. The van der Waals surface area contributed by atoms with Crippen molar-refractivity contribution < 1.29 is 14.6 Å². The molecule has 0 radical (unpaired) electrons. The molecular weight excluding hydrogens is 242 g/mol. The molecule has 102 valence electrons. The highest BCUT2D eigenvalue weighted by Crippen LogP contribution is 2.35. The summed E-state index contributed by atoms with van der Waals surface area (Å²) in [6.45, 7) is 0. The first-order valence-corrected chi connectivity index (χ1v) is 6.86. The first-order chi connectivity index (χ1) is 9.15. The SMILES string of the molecule is CN1[C@H]2CC[C@H]1CC(OC(=O)c1ccccc1O)C2. The molecule has 3 rings (SSSR count). The summed E-state index contributed by atoms with van der Waals surface area (Å²) in [4.78, 5) is 14.5. The van der Waals surface area contributed by atoms with Gasteiger partial charge in [-0.2, -0.15) is 0 Å². The van der Waals surface area contributed by atoms with Crippen LogP contribution in [0, 0.1) is 0 Å². The molecule has 0 aliphatic carbocycles. The summed E-state index contributed by atoms with van der Waals surface area (Å²) in [7, 11) is 2.16. The second-order valence-corrected chi connectivity index (χ2v) is 5.57. The number of hydrogen-bond donors (Lipinski definition) is 1. The molecule has 4 nitrogen and oxygen atoms in total. The van der Waals surface area contributed by atoms with Crippen molar-refractivity contribution in [3.8, 4) is 5.75 Å². The molecule has 2 aliphatic rings. The molecule has 0 saturated carbocycles. The third-order valence-corrected chi connectivity index (χ3v) is 4.45. The lowest BCUT2D eigenvalue weighted by Gasteiger charge is -2.35. The molecule has 0 amide bonds. The van der Waals surface area contributed by atoms with E-state index in [1.54, 1.807) is 18.2 Å². The number of ether oxygens (including phenoxy) is 1. The van der Waals surface area contributed by atoms with Crippen LogP contribution in [0.15, 0.2) is 24.3 Å². The zero-order chi connectivity index (χ0) is 13.4. The summed E-state index contributed by atoms with van der Waals surface area (Å²) in [5.41, 5.74) is 0.258. The van der Waals surface area contributed by atoms with Crippen LogP contribution < -0.4 is 0 Å². The number of hydrogen-bond acceptors (Lipinski definition) is 4. The quantitative estimate of drug-likeness (QED) is 0.829. The maximum Gasteiger partial charge on any atom is 0.342 e. The Hall–Kier alpha value is -1.55. The standard InChI is InChI=1S/C15H19NO3/c1-16-10-6-7-11(16)9-12(8-10)19-15(18)13-4-2-3-5-14(13)17/h2-5,10-12,17H,6-9H2,1H3/t10-,11-/m0/s1. The molecule has 0 aromatic heterocycles. The number of phenolic OH excluding ortho intramolecular Hbond substituents is 1. The molecule has 2 aliphatic heterocycles. The van der Waals surface area contributed by atoms with Crippen molar-refractivity contribution in [1.82, 2.24) is 4.90 Å². The van der Waals surface area contributed by atoms with Gasteiger partial charge in [0.25, 0.3) is 0 Å². The largest absolute Gasteiger partial charge is 0.507 e. The first-order valence-electron chi connectivity index (χ1n) is 6.86. The highest BCUT2D eigenvalue weighted by atomic mass is 16.5. The average Bonchev–Trinajstić information content (AvgIpc) is 2.63. The van der Waals surface area contributed by atoms with E-state index in [1.807, 2.05) is 0 Å². The lowest BCUT2D eigenvalue weighted by molar-refractivity contribution is -0.000663. The fourth-order valence-corrected chi connectivity index (χ4v) is 3.32. The van der Waals surface area contributed by atoms with Gasteiger partial charge < -0.3 is 14.7 Å². The Morgan fingerprint density at radius 2 is 1.89 bits per heavy atom. The van der Waals surface area contributed by atoms with E-state index in [1.165, 1.54) is 18.9 Å². The number of carbonyl (C=O) groups is 1. The van der Waals surface area contributed by atoms with Crippen LogP contribution in [-0.4, -0.2) is 41.2 Å². The van der Waals surface area contributed by atoms with Gasteiger partial charge in [0, 0.05) is 24.9 Å². The minimum atomic E-state index is -0.410. The molecule has 2 saturated heterocycles. The summed E-state index contributed by atoms with van der Waals surface area (Å²) < 4.78 is 5.56. The highest BCUT2D eigenvalue weighted by molar-refractivity contribution is 5.92. The molecule has 1 aromatic rings. The zero-order valence-electron chi connectivity index (χ0n) is 11.1. The monoisotopic (exact) mass is 261 g/mol. The van der Waals surface area contributed by atoms with E-state index < -0.39 is 5.97 Å². The minimum Gasteiger partial charge on any atom is -0.507 e. The van der Waals surface area contributed by atoms with Crippen molar-refractivity contribution in [3.05, 3.63) is 29.8 Å². The molecule has 0 spiro atoms. The Labute approximate surface area is 113 Å². The van der Waals surface area contributed by atoms with Crippen LogP contribution in [0.2, 0.25) is 0 Å². The van der Waals surface area contributed by atoms with E-state index in [9.17, 15) is 9.90 Å². The number of benzene rings is 1. The second kappa shape index (κ2) is 4.85. The summed E-state index contributed by atoms with van der Waals surface area (Å²) in [5.74, 6) is -0.421. The van der Waals surface area contributed by atoms with E-state index in [-0.39, 0.29) is 17.4 Å². The zero-order valence-corrected chi connectivity index (χ0v) is 11.1. The Morgan fingerprint density at radius 1 is 1.26 bits per heavy atom. The van der Waals surface area contributed by atoms with E-state index in [0.29, 0.717) is 12.1 Å². The third-order valence-electron chi connectivity index (χ3n) is 4.45. The van der Waals surface area contributed by atoms with Gasteiger partial charge in [-0.25, -0.2) is 4.79 Å². The molecule has 2 fully saturated rings. The number of para-hydroxylation sites is 1. The van der Waals surface area contributed by atoms with Gasteiger partial charge in [-0.05, 0) is 32.0 Å². The van der Waals surface area contributed by atoms with Gasteiger partial charge in [0.15, 0.2) is 0 Å². The predicted molar refractivity (Wildman–Crippen MR) is 71.1 cm³/mol. The van der Waals surface area contributed by atoms with E-state index in [2.05, 4.69) is 11.9 Å². The maximum atomic E-state index is 12.1. The number of carbonyl (C=O) groups excluding carboxylic acids is 1. The van der Waals surface area contributed by atoms with Crippen molar-refractivity contribution in [1.29, 1.82) is 0 Å². The smallest absolute Gasteiger partial charge is 0.342 e. The molecule has 0 unspecified atom stereocenters. The molecule has 19 heavy (non-hydrogen) atoms. The van der Waals surface area contributed by atoms with Gasteiger partial charge in [-0.15, -0.1) is 0 Å². The maximum absolute atomic E-state index is 12.1. The Morgan fingerprint density at radius 3 is 2.53 bits per heavy atom. The normalized spacial score (nSPS) is 30.3. The first kappa shape index (κ1) is 12.5. The van der Waals surface area contributed by atoms with Gasteiger partial charge >= 0.3 is 5.97 Å². The van der Waals surface area contributed by atoms with Gasteiger partial charge in [0.1, 0.15) is 17.4 Å². The predicted octanol–water partition coefficient (Wildman–Crippen LogP) is 2.17. The fourth-order valence-electron chi connectivity index (χ4n) is 3.32. The number of phenols is 1. The Bertz CT molecular complexity index is 474. The van der Waals surface area contributed by atoms with Gasteiger partial charge in [0.05, 0.1) is 0 Å². The molecule has 4 heteroatoms.